The van der Waals surface area contributed by atoms with Crippen molar-refractivity contribution < 1.29 is 18.0 Å². The molecular weight excluding hydrogens is 366 g/mol. The van der Waals surface area contributed by atoms with Crippen molar-refractivity contribution in [2.45, 2.75) is 18.2 Å². The zero-order valence-electron chi connectivity index (χ0n) is 13.1. The molecule has 25 heavy (non-hydrogen) atoms. The van der Waals surface area contributed by atoms with Crippen molar-refractivity contribution in [3.8, 4) is 0 Å². The number of anilines is 3. The summed E-state index contributed by atoms with van der Waals surface area (Å²) in [5.74, 6) is -0.969. The van der Waals surface area contributed by atoms with E-state index in [1.54, 1.807) is 25.1 Å². The average Bonchev–Trinajstić information content (AvgIpc) is 2.67. The molecule has 0 unspecified atom stereocenters. The van der Waals surface area contributed by atoms with Crippen LogP contribution in [0.5, 0.6) is 0 Å². The Morgan fingerprint density at radius 3 is 2.44 bits per heavy atom. The van der Waals surface area contributed by atoms with Crippen LogP contribution in [0.4, 0.5) is 17.1 Å². The second kappa shape index (κ2) is 6.38. The zero-order valence-corrected chi connectivity index (χ0v) is 14.7. The molecular formula is C16H14ClN3O4S. The van der Waals surface area contributed by atoms with E-state index in [4.69, 9.17) is 11.6 Å². The van der Waals surface area contributed by atoms with Crippen LogP contribution in [0.25, 0.3) is 0 Å². The molecule has 0 aromatic heterocycles. The van der Waals surface area contributed by atoms with E-state index in [0.29, 0.717) is 22.0 Å². The number of carbonyl (C=O) groups is 2. The number of amides is 2. The van der Waals surface area contributed by atoms with Crippen LogP contribution in [-0.2, 0) is 19.6 Å². The Balaban J connectivity index is 1.97. The molecule has 0 radical (unpaired) electrons. The number of fused-ring (bicyclic) bond motifs is 1. The van der Waals surface area contributed by atoms with Crippen LogP contribution in [0.3, 0.4) is 0 Å². The van der Waals surface area contributed by atoms with Crippen molar-refractivity contribution in [1.82, 2.24) is 0 Å². The normalized spacial score (nSPS) is 14.2. The first-order chi connectivity index (χ1) is 11.8. The number of sulfonamides is 1. The topological polar surface area (TPSA) is 104 Å². The molecule has 2 aromatic rings. The third kappa shape index (κ3) is 3.59. The van der Waals surface area contributed by atoms with Gasteiger partial charge in [0.15, 0.2) is 0 Å². The lowest BCUT2D eigenvalue weighted by Gasteiger charge is -2.13. The Bertz CT molecular complexity index is 989. The van der Waals surface area contributed by atoms with Gasteiger partial charge < -0.3 is 10.6 Å². The molecule has 1 aliphatic rings. The highest BCUT2D eigenvalue weighted by Gasteiger charge is 2.22. The SMILES string of the molecule is Cc1c(Cl)cccc1NS(=O)(=O)c1ccc2c(c1)NC(=O)CC(=O)N2. The van der Waals surface area contributed by atoms with Crippen LogP contribution in [0.1, 0.15) is 12.0 Å². The van der Waals surface area contributed by atoms with Crippen molar-refractivity contribution >= 4 is 50.5 Å². The fourth-order valence-electron chi connectivity index (χ4n) is 2.36. The Morgan fingerprint density at radius 1 is 1.04 bits per heavy atom. The van der Waals surface area contributed by atoms with Gasteiger partial charge in [0.25, 0.3) is 10.0 Å². The van der Waals surface area contributed by atoms with Crippen LogP contribution >= 0.6 is 11.6 Å². The number of carbonyl (C=O) groups excluding carboxylic acids is 2. The number of rotatable bonds is 3. The molecule has 3 N–H and O–H groups in total. The fourth-order valence-corrected chi connectivity index (χ4v) is 3.68. The highest BCUT2D eigenvalue weighted by atomic mass is 35.5. The van der Waals surface area contributed by atoms with E-state index < -0.39 is 21.8 Å². The van der Waals surface area contributed by atoms with Crippen molar-refractivity contribution in [2.75, 3.05) is 15.4 Å². The molecule has 0 saturated carbocycles. The molecule has 2 aromatic carbocycles. The molecule has 1 heterocycles. The highest BCUT2D eigenvalue weighted by molar-refractivity contribution is 7.92. The van der Waals surface area contributed by atoms with E-state index >= 15 is 0 Å². The molecule has 0 bridgehead atoms. The Morgan fingerprint density at radius 2 is 1.72 bits per heavy atom. The third-order valence-electron chi connectivity index (χ3n) is 3.68. The first-order valence-electron chi connectivity index (χ1n) is 7.28. The van der Waals surface area contributed by atoms with Gasteiger partial charge in [-0.2, -0.15) is 0 Å². The van der Waals surface area contributed by atoms with Crippen LogP contribution in [-0.4, -0.2) is 20.2 Å². The van der Waals surface area contributed by atoms with Crippen molar-refractivity contribution in [3.05, 3.63) is 47.0 Å². The average molecular weight is 380 g/mol. The number of hydrogen-bond acceptors (Lipinski definition) is 4. The summed E-state index contributed by atoms with van der Waals surface area (Å²) in [6, 6.07) is 8.97. The van der Waals surface area contributed by atoms with Gasteiger partial charge in [0.1, 0.15) is 6.42 Å². The monoisotopic (exact) mass is 379 g/mol. The molecule has 9 heteroatoms. The maximum atomic E-state index is 12.6. The second-order valence-corrected chi connectivity index (χ2v) is 7.59. The van der Waals surface area contributed by atoms with E-state index in [1.165, 1.54) is 18.2 Å². The molecule has 1 aliphatic heterocycles. The molecule has 0 saturated heterocycles. The van der Waals surface area contributed by atoms with Crippen LogP contribution in [0, 0.1) is 6.92 Å². The van der Waals surface area contributed by atoms with E-state index in [1.807, 2.05) is 0 Å². The number of hydrogen-bond donors (Lipinski definition) is 3. The van der Waals surface area contributed by atoms with Gasteiger partial charge in [-0.1, -0.05) is 17.7 Å². The summed E-state index contributed by atoms with van der Waals surface area (Å²) >= 11 is 6.01. The standard InChI is InChI=1S/C16H14ClN3O4S/c1-9-11(17)3-2-4-12(9)20-25(23,24)10-5-6-13-14(7-10)19-16(22)8-15(21)18-13/h2-7,20H,8H2,1H3,(H,18,21)(H,19,22). The van der Waals surface area contributed by atoms with Gasteiger partial charge in [0, 0.05) is 5.02 Å². The molecule has 0 spiro atoms. The number of halogens is 1. The summed E-state index contributed by atoms with van der Waals surface area (Å²) in [7, 11) is -3.90. The Kier molecular flexibility index (Phi) is 4.40. The van der Waals surface area contributed by atoms with Crippen molar-refractivity contribution in [2.24, 2.45) is 0 Å². The third-order valence-corrected chi connectivity index (χ3v) is 5.46. The highest BCUT2D eigenvalue weighted by Crippen LogP contribution is 2.30. The van der Waals surface area contributed by atoms with Crippen LogP contribution < -0.4 is 15.4 Å². The zero-order chi connectivity index (χ0) is 18.2. The maximum absolute atomic E-state index is 12.6. The molecule has 0 aliphatic carbocycles. The lowest BCUT2D eigenvalue weighted by molar-refractivity contribution is -0.123. The first kappa shape index (κ1) is 17.2. The van der Waals surface area contributed by atoms with Crippen molar-refractivity contribution in [1.29, 1.82) is 0 Å². The Labute approximate surface area is 149 Å². The lowest BCUT2D eigenvalue weighted by Crippen LogP contribution is -2.16. The van der Waals surface area contributed by atoms with Gasteiger partial charge >= 0.3 is 0 Å². The van der Waals surface area contributed by atoms with Gasteiger partial charge in [-0.3, -0.25) is 14.3 Å². The minimum absolute atomic E-state index is 0.0536. The summed E-state index contributed by atoms with van der Waals surface area (Å²) in [4.78, 5) is 23.1. The van der Waals surface area contributed by atoms with Gasteiger partial charge in [0.2, 0.25) is 11.8 Å². The minimum Gasteiger partial charge on any atom is -0.324 e. The molecule has 7 nitrogen and oxygen atoms in total. The summed E-state index contributed by atoms with van der Waals surface area (Å²) in [6.45, 7) is 1.70. The molecule has 130 valence electrons. The quantitative estimate of drug-likeness (QED) is 0.713. The minimum atomic E-state index is -3.90. The van der Waals surface area contributed by atoms with Gasteiger partial charge in [0.05, 0.1) is 22.0 Å². The molecule has 3 rings (SSSR count). The van der Waals surface area contributed by atoms with E-state index in [9.17, 15) is 18.0 Å². The van der Waals surface area contributed by atoms with Crippen LogP contribution in [0.2, 0.25) is 5.02 Å². The van der Waals surface area contributed by atoms with Gasteiger partial charge in [-0.15, -0.1) is 0 Å². The first-order valence-corrected chi connectivity index (χ1v) is 9.14. The van der Waals surface area contributed by atoms with E-state index in [-0.39, 0.29) is 17.0 Å². The molecule has 2 amide bonds. The largest absolute Gasteiger partial charge is 0.324 e. The second-order valence-electron chi connectivity index (χ2n) is 5.50. The number of benzene rings is 2. The summed E-state index contributed by atoms with van der Waals surface area (Å²) < 4.78 is 27.7. The fraction of sp³-hybridized carbons (Fsp3) is 0.125. The number of nitrogens with one attached hydrogen (secondary N) is 3. The maximum Gasteiger partial charge on any atom is 0.261 e. The predicted octanol–water partition coefficient (Wildman–Crippen LogP) is 2.73. The van der Waals surface area contributed by atoms with Crippen LogP contribution in [0.15, 0.2) is 41.3 Å². The van der Waals surface area contributed by atoms with Gasteiger partial charge in [-0.05, 0) is 42.8 Å². The summed E-state index contributed by atoms with van der Waals surface area (Å²) in [6.07, 6.45) is -0.323. The summed E-state index contributed by atoms with van der Waals surface area (Å²) in [5, 5.41) is 5.50. The van der Waals surface area contributed by atoms with E-state index in [2.05, 4.69) is 15.4 Å². The lowest BCUT2D eigenvalue weighted by atomic mass is 10.2. The smallest absolute Gasteiger partial charge is 0.261 e. The molecule has 0 fully saturated rings. The summed E-state index contributed by atoms with van der Waals surface area (Å²) in [5.41, 5.74) is 1.53. The Hall–Kier alpha value is -2.58. The molecule has 0 atom stereocenters. The predicted molar refractivity (Wildman–Crippen MR) is 95.3 cm³/mol. The van der Waals surface area contributed by atoms with Crippen molar-refractivity contribution in [3.63, 3.8) is 0 Å². The van der Waals surface area contributed by atoms with Gasteiger partial charge in [-0.25, -0.2) is 8.42 Å². The van der Waals surface area contributed by atoms with E-state index in [0.717, 1.165) is 0 Å².